The van der Waals surface area contributed by atoms with E-state index in [2.05, 4.69) is 42.7 Å². The fraction of sp³-hybridized carbons (Fsp3) is 0.478. The van der Waals surface area contributed by atoms with E-state index >= 15 is 0 Å². The fourth-order valence-corrected chi connectivity index (χ4v) is 2.94. The number of hydrogen-bond donors (Lipinski definition) is 0. The molecular formula is C23H32N4O. The van der Waals surface area contributed by atoms with Crippen LogP contribution >= 0.6 is 0 Å². The number of benzene rings is 1. The van der Waals surface area contributed by atoms with Crippen LogP contribution in [0.5, 0.6) is 0 Å². The van der Waals surface area contributed by atoms with Gasteiger partial charge >= 0.3 is 0 Å². The first kappa shape index (κ1) is 21.7. The Morgan fingerprint density at radius 1 is 1.14 bits per heavy atom. The van der Waals surface area contributed by atoms with Crippen LogP contribution in [0.1, 0.15) is 43.6 Å². The Morgan fingerprint density at radius 3 is 2.25 bits per heavy atom. The van der Waals surface area contributed by atoms with Gasteiger partial charge in [-0.3, -0.25) is 9.80 Å². The lowest BCUT2D eigenvalue weighted by Gasteiger charge is -2.32. The number of piperazine rings is 1. The van der Waals surface area contributed by atoms with Gasteiger partial charge in [-0.1, -0.05) is 38.0 Å². The second-order valence-corrected chi connectivity index (χ2v) is 7.48. The monoisotopic (exact) mass is 380 g/mol. The highest BCUT2D eigenvalue weighted by atomic mass is 16.2. The summed E-state index contributed by atoms with van der Waals surface area (Å²) in [5.74, 6) is 6.76. The minimum absolute atomic E-state index is 0.103. The molecule has 1 aliphatic heterocycles. The van der Waals surface area contributed by atoms with Gasteiger partial charge in [0.25, 0.3) is 5.91 Å². The summed E-state index contributed by atoms with van der Waals surface area (Å²) in [7, 11) is 3.99. The molecular weight excluding hydrogens is 348 g/mol. The van der Waals surface area contributed by atoms with Gasteiger partial charge in [-0.2, -0.15) is 5.10 Å². The van der Waals surface area contributed by atoms with Crippen molar-refractivity contribution in [3.63, 3.8) is 0 Å². The normalized spacial score (nSPS) is 16.0. The molecule has 150 valence electrons. The topological polar surface area (TPSA) is 39.2 Å². The summed E-state index contributed by atoms with van der Waals surface area (Å²) in [6.07, 6.45) is 1.96. The lowest BCUT2D eigenvalue weighted by atomic mass is 10.1. The van der Waals surface area contributed by atoms with Gasteiger partial charge < -0.3 is 9.80 Å². The molecule has 5 nitrogen and oxygen atoms in total. The van der Waals surface area contributed by atoms with Gasteiger partial charge in [0.2, 0.25) is 0 Å². The third-order valence-electron chi connectivity index (χ3n) is 4.75. The Hall–Kier alpha value is -2.58. The number of carbonyl (C=O) groups excluding carboxylic acids is 1. The zero-order chi connectivity index (χ0) is 20.7. The third-order valence-corrected chi connectivity index (χ3v) is 4.75. The number of nitrogens with zero attached hydrogens (tertiary/aromatic N) is 4. The zero-order valence-electron chi connectivity index (χ0n) is 18.0. The number of hydrogen-bond acceptors (Lipinski definition) is 4. The molecule has 1 saturated heterocycles. The Balaban J connectivity index is 2.08. The molecule has 1 aromatic carbocycles. The number of allylic oxidation sites excluding steroid dienone is 2. The van der Waals surface area contributed by atoms with Gasteiger partial charge in [-0.15, -0.1) is 0 Å². The van der Waals surface area contributed by atoms with Crippen molar-refractivity contribution in [2.24, 2.45) is 11.0 Å². The van der Waals surface area contributed by atoms with Crippen LogP contribution < -0.4 is 0 Å². The summed E-state index contributed by atoms with van der Waals surface area (Å²) >= 11 is 0. The van der Waals surface area contributed by atoms with E-state index in [4.69, 9.17) is 0 Å². The Labute approximate surface area is 169 Å². The van der Waals surface area contributed by atoms with Crippen LogP contribution in [-0.4, -0.2) is 66.7 Å². The van der Waals surface area contributed by atoms with Crippen molar-refractivity contribution in [1.82, 2.24) is 14.8 Å². The minimum atomic E-state index is 0.103. The number of hydrazone groups is 1. The number of likely N-dealkylation sites (N-methyl/N-ethyl adjacent to an activating group) is 1. The first-order valence-electron chi connectivity index (χ1n) is 9.87. The van der Waals surface area contributed by atoms with Crippen LogP contribution in [0.25, 0.3) is 0 Å². The van der Waals surface area contributed by atoms with Gasteiger partial charge in [-0.25, -0.2) is 0 Å². The fourth-order valence-electron chi connectivity index (χ4n) is 2.94. The lowest BCUT2D eigenvalue weighted by molar-refractivity contribution is 0.0664. The second-order valence-electron chi connectivity index (χ2n) is 7.48. The number of rotatable bonds is 4. The van der Waals surface area contributed by atoms with E-state index in [9.17, 15) is 4.79 Å². The smallest absolute Gasteiger partial charge is 0.253 e. The van der Waals surface area contributed by atoms with E-state index in [0.717, 1.165) is 48.7 Å². The number of carbonyl (C=O) groups is 1. The highest BCUT2D eigenvalue weighted by Crippen LogP contribution is 2.12. The molecule has 0 atom stereocenters. The first-order chi connectivity index (χ1) is 13.3. The molecule has 1 amide bonds. The van der Waals surface area contributed by atoms with Crippen LogP contribution in [0, 0.1) is 17.8 Å². The van der Waals surface area contributed by atoms with E-state index < -0.39 is 0 Å². The Morgan fingerprint density at radius 2 is 1.71 bits per heavy atom. The van der Waals surface area contributed by atoms with Gasteiger partial charge in [0.15, 0.2) is 0 Å². The zero-order valence-corrected chi connectivity index (χ0v) is 18.0. The molecule has 0 unspecified atom stereocenters. The molecule has 5 heteroatoms. The maximum atomic E-state index is 12.7. The summed E-state index contributed by atoms with van der Waals surface area (Å²) in [4.78, 5) is 16.8. The van der Waals surface area contributed by atoms with E-state index in [1.54, 1.807) is 5.01 Å². The third kappa shape index (κ3) is 5.97. The summed E-state index contributed by atoms with van der Waals surface area (Å²) < 4.78 is 0. The molecule has 0 N–H and O–H groups in total. The molecule has 1 heterocycles. The molecule has 2 rings (SSSR count). The van der Waals surface area contributed by atoms with Gasteiger partial charge in [0.05, 0.1) is 5.71 Å². The summed E-state index contributed by atoms with van der Waals surface area (Å²) in [6.45, 7) is 11.5. The highest BCUT2D eigenvalue weighted by Gasteiger charge is 2.20. The molecule has 0 radical (unpaired) electrons. The van der Waals surface area contributed by atoms with Crippen LogP contribution in [0.2, 0.25) is 0 Å². The molecule has 1 aromatic rings. The van der Waals surface area contributed by atoms with Crippen molar-refractivity contribution < 1.29 is 4.79 Å². The largest absolute Gasteiger partial charge is 0.336 e. The van der Waals surface area contributed by atoms with E-state index in [1.807, 2.05) is 56.1 Å². The van der Waals surface area contributed by atoms with Gasteiger partial charge in [0.1, 0.15) is 5.70 Å². The predicted octanol–water partition coefficient (Wildman–Crippen LogP) is 3.29. The van der Waals surface area contributed by atoms with Crippen molar-refractivity contribution in [2.75, 3.05) is 40.3 Å². The Kier molecular flexibility index (Phi) is 7.83. The van der Waals surface area contributed by atoms with Crippen molar-refractivity contribution in [2.45, 2.75) is 27.7 Å². The lowest BCUT2D eigenvalue weighted by Crippen LogP contribution is -2.47. The molecule has 0 saturated carbocycles. The average molecular weight is 381 g/mol. The minimum Gasteiger partial charge on any atom is -0.336 e. The predicted molar refractivity (Wildman–Crippen MR) is 116 cm³/mol. The maximum Gasteiger partial charge on any atom is 0.253 e. The van der Waals surface area contributed by atoms with Gasteiger partial charge in [0, 0.05) is 44.7 Å². The first-order valence-corrected chi connectivity index (χ1v) is 9.87. The van der Waals surface area contributed by atoms with Crippen molar-refractivity contribution in [1.29, 1.82) is 0 Å². The summed E-state index contributed by atoms with van der Waals surface area (Å²) in [5, 5.41) is 6.45. The molecule has 0 spiro atoms. The molecule has 0 aliphatic carbocycles. The van der Waals surface area contributed by atoms with Crippen LogP contribution in [0.4, 0.5) is 0 Å². The van der Waals surface area contributed by atoms with Crippen LogP contribution in [-0.2, 0) is 0 Å². The standard InChI is InChI=1S/C23H32N4O/c1-7-22(13-8-18(2)3)26(6)24-19(4)20-9-11-21(12-10-20)23(28)27-16-14-25(5)15-17-27/h7,9-12,18H,14-17H2,1-6H3. The van der Waals surface area contributed by atoms with Crippen molar-refractivity contribution in [3.05, 3.63) is 47.2 Å². The van der Waals surface area contributed by atoms with E-state index in [-0.39, 0.29) is 5.91 Å². The molecule has 1 aliphatic rings. The SMILES string of the molecule is CC=C(C#CC(C)C)N(C)N=C(C)c1ccc(C(=O)N2CCN(C)CC2)cc1. The van der Waals surface area contributed by atoms with Crippen LogP contribution in [0.15, 0.2) is 41.1 Å². The maximum absolute atomic E-state index is 12.7. The quantitative estimate of drug-likeness (QED) is 0.457. The van der Waals surface area contributed by atoms with E-state index in [0.29, 0.717) is 5.92 Å². The molecule has 1 fully saturated rings. The molecule has 28 heavy (non-hydrogen) atoms. The summed E-state index contributed by atoms with van der Waals surface area (Å²) in [5.41, 5.74) is 3.47. The van der Waals surface area contributed by atoms with Crippen molar-refractivity contribution in [3.8, 4) is 11.8 Å². The molecule has 0 bridgehead atoms. The van der Waals surface area contributed by atoms with Gasteiger partial charge in [-0.05, 0) is 44.5 Å². The highest BCUT2D eigenvalue weighted by molar-refractivity contribution is 6.00. The average Bonchev–Trinajstić information content (AvgIpc) is 2.68. The summed E-state index contributed by atoms with van der Waals surface area (Å²) in [6, 6.07) is 7.71. The Bertz CT molecular complexity index is 788. The van der Waals surface area contributed by atoms with Crippen LogP contribution in [0.3, 0.4) is 0 Å². The molecule has 0 aromatic heterocycles. The van der Waals surface area contributed by atoms with Crippen molar-refractivity contribution >= 4 is 11.6 Å². The number of amides is 1. The van der Waals surface area contributed by atoms with E-state index in [1.165, 1.54) is 0 Å². The second kappa shape index (κ2) is 10.1.